The highest BCUT2D eigenvalue weighted by Gasteiger charge is 2.65. The monoisotopic (exact) mass is 466 g/mol. The number of fused-ring (bicyclic) bond motifs is 5. The normalized spacial score (nSPS) is 49.9. The van der Waals surface area contributed by atoms with Crippen LogP contribution >= 0.6 is 0 Å². The molecule has 0 aromatic rings. The first-order valence-electron chi connectivity index (χ1n) is 13.4. The second-order valence-corrected chi connectivity index (χ2v) is 12.8. The third-order valence-electron chi connectivity index (χ3n) is 11.4. The summed E-state index contributed by atoms with van der Waals surface area (Å²) in [6.45, 7) is 8.32. The Morgan fingerprint density at radius 2 is 1.67 bits per heavy atom. The molecule has 13 atom stereocenters. The van der Waals surface area contributed by atoms with Gasteiger partial charge in [0.15, 0.2) is 0 Å². The first kappa shape index (κ1) is 25.4. The third kappa shape index (κ3) is 4.07. The summed E-state index contributed by atoms with van der Waals surface area (Å²) in [7, 11) is 0. The SMILES string of the molecule is CC(CCC(O)C(C)C(=O)O)C1CCC2C3C(O)CC4CC(O)CCC4(C)C3CC(O)C12C. The van der Waals surface area contributed by atoms with Crippen molar-refractivity contribution in [2.45, 2.75) is 110 Å². The van der Waals surface area contributed by atoms with Gasteiger partial charge in [0, 0.05) is 0 Å². The smallest absolute Gasteiger partial charge is 0.308 e. The lowest BCUT2D eigenvalue weighted by molar-refractivity contribution is -0.207. The van der Waals surface area contributed by atoms with E-state index in [4.69, 9.17) is 0 Å². The molecule has 4 saturated carbocycles. The molecule has 0 bridgehead atoms. The predicted molar refractivity (Wildman–Crippen MR) is 125 cm³/mol. The molecule has 4 fully saturated rings. The standard InChI is InChI=1S/C27H46O6/c1-14(5-8-21(29)15(2)25(32)33)18-6-7-19-24-20(13-23(31)27(18,19)4)26(3)10-9-17(28)11-16(26)12-22(24)30/h14-24,28-31H,5-13H2,1-4H3,(H,32,33). The van der Waals surface area contributed by atoms with Crippen molar-refractivity contribution in [1.82, 2.24) is 0 Å². The summed E-state index contributed by atoms with van der Waals surface area (Å²) in [4.78, 5) is 11.2. The molecule has 190 valence electrons. The molecule has 6 heteroatoms. The van der Waals surface area contributed by atoms with Crippen LogP contribution in [-0.2, 0) is 4.79 Å². The van der Waals surface area contributed by atoms with Gasteiger partial charge in [0.1, 0.15) is 0 Å². The lowest BCUT2D eigenvalue weighted by atomic mass is 9.43. The Kier molecular flexibility index (Phi) is 6.98. The zero-order valence-electron chi connectivity index (χ0n) is 20.9. The molecule has 4 aliphatic rings. The maximum Gasteiger partial charge on any atom is 0.308 e. The molecule has 5 N–H and O–H groups in total. The van der Waals surface area contributed by atoms with Gasteiger partial charge in [-0.15, -0.1) is 0 Å². The molecule has 6 nitrogen and oxygen atoms in total. The van der Waals surface area contributed by atoms with Crippen molar-refractivity contribution in [1.29, 1.82) is 0 Å². The Labute approximate surface area is 198 Å². The summed E-state index contributed by atoms with van der Waals surface area (Å²) in [6, 6.07) is 0. The van der Waals surface area contributed by atoms with E-state index in [9.17, 15) is 30.3 Å². The van der Waals surface area contributed by atoms with E-state index in [1.807, 2.05) is 0 Å². The number of hydrogen-bond donors (Lipinski definition) is 5. The molecule has 33 heavy (non-hydrogen) atoms. The summed E-state index contributed by atoms with van der Waals surface area (Å²) >= 11 is 0. The van der Waals surface area contributed by atoms with Crippen LogP contribution in [0.15, 0.2) is 0 Å². The van der Waals surface area contributed by atoms with Crippen LogP contribution in [-0.4, -0.2) is 55.9 Å². The van der Waals surface area contributed by atoms with E-state index in [0.717, 1.165) is 51.4 Å². The molecule has 0 aliphatic heterocycles. The molecule has 0 heterocycles. The number of aliphatic hydroxyl groups excluding tert-OH is 4. The van der Waals surface area contributed by atoms with Crippen LogP contribution in [0.5, 0.6) is 0 Å². The number of carboxylic acids is 1. The second-order valence-electron chi connectivity index (χ2n) is 12.8. The van der Waals surface area contributed by atoms with Gasteiger partial charge in [-0.05, 0) is 111 Å². The van der Waals surface area contributed by atoms with Gasteiger partial charge in [0.05, 0.1) is 30.3 Å². The molecular weight excluding hydrogens is 420 g/mol. The molecule has 4 rings (SSSR count). The topological polar surface area (TPSA) is 118 Å². The second kappa shape index (κ2) is 9.07. The van der Waals surface area contributed by atoms with Crippen LogP contribution in [0.1, 0.15) is 85.5 Å². The minimum absolute atomic E-state index is 0.0756. The Balaban J connectivity index is 1.52. The van der Waals surface area contributed by atoms with E-state index in [1.54, 1.807) is 6.92 Å². The van der Waals surface area contributed by atoms with E-state index in [2.05, 4.69) is 20.8 Å². The average molecular weight is 467 g/mol. The number of hydrogen-bond acceptors (Lipinski definition) is 5. The minimum atomic E-state index is -0.967. The van der Waals surface area contributed by atoms with Gasteiger partial charge in [-0.25, -0.2) is 0 Å². The molecule has 0 aromatic carbocycles. The van der Waals surface area contributed by atoms with Crippen molar-refractivity contribution in [3.8, 4) is 0 Å². The van der Waals surface area contributed by atoms with Gasteiger partial charge in [0.25, 0.3) is 0 Å². The van der Waals surface area contributed by atoms with E-state index in [1.165, 1.54) is 0 Å². The number of aliphatic hydroxyl groups is 4. The fraction of sp³-hybridized carbons (Fsp3) is 0.963. The summed E-state index contributed by atoms with van der Waals surface area (Å²) in [5.74, 6) is -0.0734. The Hall–Kier alpha value is -0.690. The molecule has 0 saturated heterocycles. The fourth-order valence-electron chi connectivity index (χ4n) is 9.18. The minimum Gasteiger partial charge on any atom is -0.481 e. The highest BCUT2D eigenvalue weighted by molar-refractivity contribution is 5.70. The van der Waals surface area contributed by atoms with Crippen molar-refractivity contribution in [3.05, 3.63) is 0 Å². The zero-order valence-corrected chi connectivity index (χ0v) is 20.9. The van der Waals surface area contributed by atoms with Crippen LogP contribution in [0.4, 0.5) is 0 Å². The summed E-state index contributed by atoms with van der Waals surface area (Å²) in [6.07, 6.45) is 5.36. The van der Waals surface area contributed by atoms with Crippen LogP contribution in [0.2, 0.25) is 0 Å². The van der Waals surface area contributed by atoms with Crippen molar-refractivity contribution < 1.29 is 30.3 Å². The van der Waals surface area contributed by atoms with E-state index in [-0.39, 0.29) is 40.8 Å². The highest BCUT2D eigenvalue weighted by atomic mass is 16.4. The van der Waals surface area contributed by atoms with Crippen LogP contribution in [0, 0.1) is 52.3 Å². The van der Waals surface area contributed by atoms with Crippen LogP contribution in [0.25, 0.3) is 0 Å². The van der Waals surface area contributed by atoms with Gasteiger partial charge < -0.3 is 25.5 Å². The van der Waals surface area contributed by atoms with Crippen molar-refractivity contribution in [2.75, 3.05) is 0 Å². The van der Waals surface area contributed by atoms with E-state index < -0.39 is 24.1 Å². The van der Waals surface area contributed by atoms with E-state index in [0.29, 0.717) is 24.2 Å². The first-order chi connectivity index (χ1) is 15.4. The van der Waals surface area contributed by atoms with Gasteiger partial charge in [-0.1, -0.05) is 20.8 Å². The predicted octanol–water partition coefficient (Wildman–Crippen LogP) is 3.45. The number of aliphatic carboxylic acids is 1. The average Bonchev–Trinajstić information content (AvgIpc) is 3.11. The Bertz CT molecular complexity index is 727. The fourth-order valence-corrected chi connectivity index (χ4v) is 9.18. The Morgan fingerprint density at radius 3 is 2.33 bits per heavy atom. The van der Waals surface area contributed by atoms with Gasteiger partial charge in [0.2, 0.25) is 0 Å². The van der Waals surface area contributed by atoms with Crippen molar-refractivity contribution in [3.63, 3.8) is 0 Å². The first-order valence-corrected chi connectivity index (χ1v) is 13.4. The molecule has 0 aromatic heterocycles. The molecule has 0 spiro atoms. The molecule has 0 radical (unpaired) electrons. The quantitative estimate of drug-likeness (QED) is 0.409. The van der Waals surface area contributed by atoms with Gasteiger partial charge in [-0.3, -0.25) is 4.79 Å². The number of rotatable bonds is 6. The highest BCUT2D eigenvalue weighted by Crippen LogP contribution is 2.68. The van der Waals surface area contributed by atoms with Gasteiger partial charge >= 0.3 is 5.97 Å². The lowest BCUT2D eigenvalue weighted by Crippen LogP contribution is -2.62. The van der Waals surface area contributed by atoms with Crippen molar-refractivity contribution >= 4 is 5.97 Å². The molecule has 13 unspecified atom stereocenters. The van der Waals surface area contributed by atoms with Crippen LogP contribution in [0.3, 0.4) is 0 Å². The van der Waals surface area contributed by atoms with Crippen LogP contribution < -0.4 is 0 Å². The maximum atomic E-state index is 11.6. The molecular formula is C27H46O6. The third-order valence-corrected chi connectivity index (χ3v) is 11.4. The van der Waals surface area contributed by atoms with Crippen molar-refractivity contribution in [2.24, 2.45) is 52.3 Å². The lowest BCUT2D eigenvalue weighted by Gasteiger charge is -2.63. The molecule has 0 amide bonds. The summed E-state index contributed by atoms with van der Waals surface area (Å²) in [5, 5.41) is 52.7. The molecule has 4 aliphatic carbocycles. The zero-order chi connectivity index (χ0) is 24.3. The van der Waals surface area contributed by atoms with Gasteiger partial charge in [-0.2, -0.15) is 0 Å². The Morgan fingerprint density at radius 1 is 0.970 bits per heavy atom. The largest absolute Gasteiger partial charge is 0.481 e. The summed E-state index contributed by atoms with van der Waals surface area (Å²) in [5.41, 5.74) is -0.186. The van der Waals surface area contributed by atoms with E-state index >= 15 is 0 Å². The number of carbonyl (C=O) groups is 1. The maximum absolute atomic E-state index is 11.6. The summed E-state index contributed by atoms with van der Waals surface area (Å²) < 4.78 is 0. The number of carboxylic acid groups (broad SMARTS) is 1.